The van der Waals surface area contributed by atoms with Crippen LogP contribution in [0.2, 0.25) is 19.6 Å². The predicted molar refractivity (Wildman–Crippen MR) is 88.8 cm³/mol. The summed E-state index contributed by atoms with van der Waals surface area (Å²) in [5, 5.41) is 1.51. The molecule has 0 aliphatic carbocycles. The van der Waals surface area contributed by atoms with Crippen LogP contribution in [0.15, 0.2) is 54.6 Å². The normalized spacial score (nSPS) is 12.5. The summed E-state index contributed by atoms with van der Waals surface area (Å²) in [6.07, 6.45) is 2.36. The van der Waals surface area contributed by atoms with Crippen molar-refractivity contribution in [1.29, 1.82) is 0 Å². The first kappa shape index (κ1) is 13.8. The van der Waals surface area contributed by atoms with Crippen LogP contribution in [-0.4, -0.2) is 8.07 Å². The SMILES string of the molecule is Cc1ccc(/C=C(/c2ccccc2)[Si](C)(C)C)cc1. The highest BCUT2D eigenvalue weighted by atomic mass is 28.3. The van der Waals surface area contributed by atoms with Crippen molar-refractivity contribution in [2.24, 2.45) is 0 Å². The average Bonchev–Trinajstić information content (AvgIpc) is 2.37. The first-order chi connectivity index (χ1) is 8.97. The Morgan fingerprint density at radius 2 is 1.42 bits per heavy atom. The van der Waals surface area contributed by atoms with E-state index in [2.05, 4.69) is 87.2 Å². The van der Waals surface area contributed by atoms with Crippen LogP contribution in [0.5, 0.6) is 0 Å². The Kier molecular flexibility index (Phi) is 4.06. The summed E-state index contributed by atoms with van der Waals surface area (Å²) in [7, 11) is -1.36. The van der Waals surface area contributed by atoms with Gasteiger partial charge in [0.15, 0.2) is 0 Å². The van der Waals surface area contributed by atoms with Crippen LogP contribution in [0.1, 0.15) is 16.7 Å². The molecular formula is C18H22Si. The van der Waals surface area contributed by atoms with Crippen LogP contribution in [0.3, 0.4) is 0 Å². The predicted octanol–water partition coefficient (Wildman–Crippen LogP) is 5.41. The van der Waals surface area contributed by atoms with Gasteiger partial charge in [-0.1, -0.05) is 91.1 Å². The van der Waals surface area contributed by atoms with Gasteiger partial charge in [0.05, 0.1) is 8.07 Å². The lowest BCUT2D eigenvalue weighted by Crippen LogP contribution is -2.22. The van der Waals surface area contributed by atoms with Gasteiger partial charge >= 0.3 is 0 Å². The highest BCUT2D eigenvalue weighted by Gasteiger charge is 2.20. The molecule has 0 radical (unpaired) electrons. The quantitative estimate of drug-likeness (QED) is 0.514. The Labute approximate surface area is 117 Å². The molecule has 0 spiro atoms. The van der Waals surface area contributed by atoms with Crippen molar-refractivity contribution in [2.45, 2.75) is 26.6 Å². The highest BCUT2D eigenvalue weighted by Crippen LogP contribution is 2.28. The van der Waals surface area contributed by atoms with Crippen LogP contribution < -0.4 is 0 Å². The number of hydrogen-bond acceptors (Lipinski definition) is 0. The molecule has 0 aromatic heterocycles. The second kappa shape index (κ2) is 5.58. The van der Waals surface area contributed by atoms with E-state index < -0.39 is 8.07 Å². The van der Waals surface area contributed by atoms with E-state index in [-0.39, 0.29) is 0 Å². The second-order valence-electron chi connectivity index (χ2n) is 6.08. The molecule has 0 N–H and O–H groups in total. The summed E-state index contributed by atoms with van der Waals surface area (Å²) >= 11 is 0. The van der Waals surface area contributed by atoms with E-state index in [4.69, 9.17) is 0 Å². The Morgan fingerprint density at radius 3 is 1.95 bits per heavy atom. The summed E-state index contributed by atoms with van der Waals surface area (Å²) in [4.78, 5) is 0. The zero-order valence-corrected chi connectivity index (χ0v) is 13.3. The molecule has 2 rings (SSSR count). The summed E-state index contributed by atoms with van der Waals surface area (Å²) in [6.45, 7) is 9.34. The third-order valence-corrected chi connectivity index (χ3v) is 5.33. The van der Waals surface area contributed by atoms with Crippen molar-refractivity contribution in [3.8, 4) is 0 Å². The number of aryl methyl sites for hydroxylation is 1. The average molecular weight is 266 g/mol. The first-order valence-electron chi connectivity index (χ1n) is 6.81. The summed E-state index contributed by atoms with van der Waals surface area (Å²) in [5.74, 6) is 0. The Balaban J connectivity index is 2.47. The maximum Gasteiger partial charge on any atom is 0.0784 e. The van der Waals surface area contributed by atoms with Gasteiger partial charge in [0.2, 0.25) is 0 Å². The molecule has 0 atom stereocenters. The molecule has 0 saturated carbocycles. The topological polar surface area (TPSA) is 0 Å². The molecule has 98 valence electrons. The lowest BCUT2D eigenvalue weighted by atomic mass is 10.1. The summed E-state index contributed by atoms with van der Waals surface area (Å²) < 4.78 is 0. The van der Waals surface area contributed by atoms with Gasteiger partial charge in [-0.3, -0.25) is 0 Å². The van der Waals surface area contributed by atoms with E-state index in [0.29, 0.717) is 0 Å². The third kappa shape index (κ3) is 3.68. The minimum Gasteiger partial charge on any atom is -0.0656 e. The van der Waals surface area contributed by atoms with E-state index in [0.717, 1.165) is 0 Å². The van der Waals surface area contributed by atoms with Gasteiger partial charge in [0.25, 0.3) is 0 Å². The van der Waals surface area contributed by atoms with Crippen LogP contribution in [0, 0.1) is 6.92 Å². The molecule has 0 saturated heterocycles. The monoisotopic (exact) mass is 266 g/mol. The smallest absolute Gasteiger partial charge is 0.0656 e. The highest BCUT2D eigenvalue weighted by molar-refractivity contribution is 6.94. The van der Waals surface area contributed by atoms with Crippen LogP contribution >= 0.6 is 0 Å². The lowest BCUT2D eigenvalue weighted by Gasteiger charge is -2.21. The second-order valence-corrected chi connectivity index (χ2v) is 11.1. The molecule has 19 heavy (non-hydrogen) atoms. The molecule has 0 fully saturated rings. The fraction of sp³-hybridized carbons (Fsp3) is 0.222. The zero-order chi connectivity index (χ0) is 13.9. The largest absolute Gasteiger partial charge is 0.0784 e. The molecule has 0 aliphatic rings. The van der Waals surface area contributed by atoms with Crippen molar-refractivity contribution in [2.75, 3.05) is 0 Å². The number of benzene rings is 2. The fourth-order valence-electron chi connectivity index (χ4n) is 2.18. The Bertz CT molecular complexity index is 557. The van der Waals surface area contributed by atoms with E-state index in [9.17, 15) is 0 Å². The standard InChI is InChI=1S/C18H22Si/c1-15-10-12-16(13-11-15)14-18(19(2,3)4)17-8-6-5-7-9-17/h5-14H,1-4H3/b18-14-. The lowest BCUT2D eigenvalue weighted by molar-refractivity contribution is 1.46. The van der Waals surface area contributed by atoms with Crippen molar-refractivity contribution < 1.29 is 0 Å². The van der Waals surface area contributed by atoms with E-state index in [1.165, 1.54) is 21.9 Å². The first-order valence-corrected chi connectivity index (χ1v) is 10.3. The van der Waals surface area contributed by atoms with E-state index >= 15 is 0 Å². The van der Waals surface area contributed by atoms with Crippen molar-refractivity contribution in [3.63, 3.8) is 0 Å². The molecule has 0 amide bonds. The van der Waals surface area contributed by atoms with Gasteiger partial charge in [-0.25, -0.2) is 0 Å². The Morgan fingerprint density at radius 1 is 0.842 bits per heavy atom. The number of hydrogen-bond donors (Lipinski definition) is 0. The molecule has 0 aliphatic heterocycles. The minimum absolute atomic E-state index is 1.30. The van der Waals surface area contributed by atoms with Gasteiger partial charge < -0.3 is 0 Å². The van der Waals surface area contributed by atoms with Gasteiger partial charge in [-0.05, 0) is 18.1 Å². The summed E-state index contributed by atoms with van der Waals surface area (Å²) in [6, 6.07) is 19.5. The fourth-order valence-corrected chi connectivity index (χ4v) is 3.81. The maximum absolute atomic E-state index is 2.40. The van der Waals surface area contributed by atoms with Crippen molar-refractivity contribution in [1.82, 2.24) is 0 Å². The van der Waals surface area contributed by atoms with Crippen LogP contribution in [0.25, 0.3) is 11.3 Å². The Hall–Kier alpha value is -1.60. The van der Waals surface area contributed by atoms with Gasteiger partial charge in [0.1, 0.15) is 0 Å². The van der Waals surface area contributed by atoms with Crippen LogP contribution in [0.4, 0.5) is 0 Å². The van der Waals surface area contributed by atoms with Gasteiger partial charge in [-0.2, -0.15) is 0 Å². The molecule has 0 unspecified atom stereocenters. The molecule has 0 bridgehead atoms. The third-order valence-electron chi connectivity index (χ3n) is 3.28. The van der Waals surface area contributed by atoms with Crippen molar-refractivity contribution >= 4 is 19.3 Å². The van der Waals surface area contributed by atoms with Crippen molar-refractivity contribution in [3.05, 3.63) is 71.3 Å². The number of rotatable bonds is 3. The molecule has 0 nitrogen and oxygen atoms in total. The molecule has 0 heterocycles. The summed E-state index contributed by atoms with van der Waals surface area (Å²) in [5.41, 5.74) is 3.97. The minimum atomic E-state index is -1.36. The van der Waals surface area contributed by atoms with E-state index in [1.54, 1.807) is 0 Å². The molecular weight excluding hydrogens is 244 g/mol. The molecule has 1 heteroatoms. The van der Waals surface area contributed by atoms with E-state index in [1.807, 2.05) is 0 Å². The van der Waals surface area contributed by atoms with Gasteiger partial charge in [0, 0.05) is 0 Å². The zero-order valence-electron chi connectivity index (χ0n) is 12.3. The van der Waals surface area contributed by atoms with Crippen LogP contribution in [-0.2, 0) is 0 Å². The maximum atomic E-state index is 2.40. The molecule has 2 aromatic carbocycles. The van der Waals surface area contributed by atoms with Gasteiger partial charge in [-0.15, -0.1) is 0 Å². The molecule has 2 aromatic rings.